The van der Waals surface area contributed by atoms with Crippen LogP contribution >= 0.6 is 27.7 Å². The first-order chi connectivity index (χ1) is 7.88. The molecule has 1 aromatic rings. The van der Waals surface area contributed by atoms with Crippen molar-refractivity contribution in [3.05, 3.63) is 28.7 Å². The fraction of sp³-hybridized carbons (Fsp3) is 0.538. The normalized spacial score (nSPS) is 13.7. The molecule has 0 spiro atoms. The predicted molar refractivity (Wildman–Crippen MR) is 78.6 cm³/mol. The Morgan fingerprint density at radius 1 is 1.35 bits per heavy atom. The van der Waals surface area contributed by atoms with Crippen molar-refractivity contribution >= 4 is 27.7 Å². The van der Waals surface area contributed by atoms with Crippen LogP contribution in [0.3, 0.4) is 0 Å². The van der Waals surface area contributed by atoms with Crippen molar-refractivity contribution in [3.63, 3.8) is 0 Å². The zero-order chi connectivity index (χ0) is 12.9. The molecule has 0 aliphatic rings. The number of halogens is 1. The number of benzene rings is 1. The third-order valence-corrected chi connectivity index (χ3v) is 4.31. The van der Waals surface area contributed by atoms with Gasteiger partial charge in [-0.3, -0.25) is 0 Å². The highest BCUT2D eigenvalue weighted by Gasteiger charge is 2.12. The van der Waals surface area contributed by atoms with Crippen LogP contribution in [0, 0.1) is 0 Å². The van der Waals surface area contributed by atoms with Gasteiger partial charge >= 0.3 is 0 Å². The minimum absolute atomic E-state index is 0.0545. The van der Waals surface area contributed by atoms with Crippen molar-refractivity contribution in [1.29, 1.82) is 0 Å². The lowest BCUT2D eigenvalue weighted by Crippen LogP contribution is -2.41. The fourth-order valence-electron chi connectivity index (χ4n) is 1.23. The third kappa shape index (κ3) is 6.46. The fourth-order valence-corrected chi connectivity index (χ4v) is 2.73. The molecule has 1 unspecified atom stereocenters. The van der Waals surface area contributed by atoms with Crippen LogP contribution in [-0.2, 0) is 0 Å². The number of hydrogen-bond acceptors (Lipinski definition) is 3. The molecule has 0 radical (unpaired) electrons. The number of β-amino-alcohol motifs (C(OH)–C–C–N with tert-alkyl or cyclic N) is 1. The van der Waals surface area contributed by atoms with Gasteiger partial charge in [0.05, 0.1) is 6.10 Å². The number of nitrogens with one attached hydrogen (secondary N) is 1. The van der Waals surface area contributed by atoms with E-state index in [0.717, 1.165) is 4.47 Å². The summed E-state index contributed by atoms with van der Waals surface area (Å²) in [5, 5.41) is 13.2. The largest absolute Gasteiger partial charge is 0.391 e. The lowest BCUT2D eigenvalue weighted by Gasteiger charge is -2.22. The highest BCUT2D eigenvalue weighted by Crippen LogP contribution is 2.27. The highest BCUT2D eigenvalue weighted by molar-refractivity contribution is 9.10. The molecule has 2 N–H and O–H groups in total. The zero-order valence-corrected chi connectivity index (χ0v) is 12.9. The van der Waals surface area contributed by atoms with Crippen LogP contribution in [-0.4, -0.2) is 29.0 Å². The third-order valence-electron chi connectivity index (χ3n) is 2.14. The Labute approximate surface area is 116 Å². The summed E-state index contributed by atoms with van der Waals surface area (Å²) in [4.78, 5) is 1.17. The van der Waals surface area contributed by atoms with Crippen LogP contribution in [0.4, 0.5) is 0 Å². The maximum atomic E-state index is 9.87. The van der Waals surface area contributed by atoms with E-state index in [4.69, 9.17) is 0 Å². The smallest absolute Gasteiger partial charge is 0.0758 e. The SMILES string of the molecule is CC(C)(C)NCC(O)CSc1ccccc1Br. The summed E-state index contributed by atoms with van der Waals surface area (Å²) in [7, 11) is 0. The summed E-state index contributed by atoms with van der Waals surface area (Å²) >= 11 is 5.17. The van der Waals surface area contributed by atoms with Crippen molar-refractivity contribution in [2.24, 2.45) is 0 Å². The summed E-state index contributed by atoms with van der Waals surface area (Å²) in [6.07, 6.45) is -0.327. The Kier molecular flexibility index (Phi) is 6.00. The molecule has 1 aromatic carbocycles. The summed E-state index contributed by atoms with van der Waals surface area (Å²) in [5.74, 6) is 0.700. The summed E-state index contributed by atoms with van der Waals surface area (Å²) in [6, 6.07) is 8.07. The topological polar surface area (TPSA) is 32.3 Å². The van der Waals surface area contributed by atoms with E-state index in [2.05, 4.69) is 48.1 Å². The summed E-state index contributed by atoms with van der Waals surface area (Å²) in [6.45, 7) is 6.92. The van der Waals surface area contributed by atoms with E-state index in [-0.39, 0.29) is 11.6 Å². The molecule has 0 fully saturated rings. The first-order valence-corrected chi connectivity index (χ1v) is 7.47. The van der Waals surface area contributed by atoms with Crippen molar-refractivity contribution < 1.29 is 5.11 Å². The standard InChI is InChI=1S/C13H20BrNOS/c1-13(2,3)15-8-10(16)9-17-12-7-5-4-6-11(12)14/h4-7,10,15-16H,8-9H2,1-3H3. The second kappa shape index (κ2) is 6.78. The zero-order valence-electron chi connectivity index (χ0n) is 10.5. The molecule has 0 amide bonds. The Balaban J connectivity index is 2.34. The van der Waals surface area contributed by atoms with Gasteiger partial charge in [-0.1, -0.05) is 12.1 Å². The van der Waals surface area contributed by atoms with Crippen molar-refractivity contribution in [3.8, 4) is 0 Å². The van der Waals surface area contributed by atoms with E-state index in [0.29, 0.717) is 12.3 Å². The van der Waals surface area contributed by atoms with E-state index in [1.807, 2.05) is 18.2 Å². The predicted octanol–water partition coefficient (Wildman–Crippen LogP) is 3.29. The Hall–Kier alpha value is -0.0300. The van der Waals surface area contributed by atoms with Crippen LogP contribution in [0.2, 0.25) is 0 Å². The van der Waals surface area contributed by atoms with Crippen molar-refractivity contribution in [2.45, 2.75) is 37.3 Å². The van der Waals surface area contributed by atoms with Gasteiger partial charge in [0.2, 0.25) is 0 Å². The summed E-state index contributed by atoms with van der Waals surface area (Å²) in [5.41, 5.74) is 0.0545. The molecule has 17 heavy (non-hydrogen) atoms. The highest BCUT2D eigenvalue weighted by atomic mass is 79.9. The molecular weight excluding hydrogens is 298 g/mol. The van der Waals surface area contributed by atoms with Crippen LogP contribution in [0.1, 0.15) is 20.8 Å². The number of hydrogen-bond donors (Lipinski definition) is 2. The van der Waals surface area contributed by atoms with Gasteiger partial charge in [0, 0.05) is 27.2 Å². The second-order valence-corrected chi connectivity index (χ2v) is 6.94. The lowest BCUT2D eigenvalue weighted by atomic mass is 10.1. The van der Waals surface area contributed by atoms with E-state index in [1.165, 1.54) is 4.90 Å². The van der Waals surface area contributed by atoms with Gasteiger partial charge in [0.1, 0.15) is 0 Å². The second-order valence-electron chi connectivity index (χ2n) is 5.03. The maximum Gasteiger partial charge on any atom is 0.0758 e. The monoisotopic (exact) mass is 317 g/mol. The van der Waals surface area contributed by atoms with Gasteiger partial charge in [0.15, 0.2) is 0 Å². The first kappa shape index (κ1) is 15.0. The lowest BCUT2D eigenvalue weighted by molar-refractivity contribution is 0.183. The molecule has 0 saturated carbocycles. The molecule has 0 aliphatic carbocycles. The van der Waals surface area contributed by atoms with Crippen LogP contribution in [0.5, 0.6) is 0 Å². The van der Waals surface area contributed by atoms with Gasteiger partial charge in [-0.2, -0.15) is 0 Å². The van der Waals surface area contributed by atoms with Crippen molar-refractivity contribution in [1.82, 2.24) is 5.32 Å². The van der Waals surface area contributed by atoms with Gasteiger partial charge in [-0.25, -0.2) is 0 Å². The minimum Gasteiger partial charge on any atom is -0.391 e. The van der Waals surface area contributed by atoms with E-state index in [1.54, 1.807) is 11.8 Å². The number of rotatable bonds is 5. The van der Waals surface area contributed by atoms with Gasteiger partial charge in [0.25, 0.3) is 0 Å². The van der Waals surface area contributed by atoms with Crippen molar-refractivity contribution in [2.75, 3.05) is 12.3 Å². The average molecular weight is 318 g/mol. The maximum absolute atomic E-state index is 9.87. The van der Waals surface area contributed by atoms with Gasteiger partial charge in [-0.05, 0) is 48.8 Å². The minimum atomic E-state index is -0.327. The van der Waals surface area contributed by atoms with E-state index in [9.17, 15) is 5.11 Å². The van der Waals surface area contributed by atoms with E-state index < -0.39 is 0 Å². The molecule has 0 aliphatic heterocycles. The average Bonchev–Trinajstić information content (AvgIpc) is 2.24. The molecule has 96 valence electrons. The molecule has 4 heteroatoms. The Bertz CT molecular complexity index is 352. The molecule has 0 aromatic heterocycles. The number of aliphatic hydroxyl groups is 1. The molecule has 1 rings (SSSR count). The molecule has 1 atom stereocenters. The van der Waals surface area contributed by atoms with E-state index >= 15 is 0 Å². The molecule has 0 heterocycles. The number of aliphatic hydroxyl groups excluding tert-OH is 1. The quantitative estimate of drug-likeness (QED) is 0.817. The molecule has 0 bridgehead atoms. The number of thioether (sulfide) groups is 1. The first-order valence-electron chi connectivity index (χ1n) is 5.69. The molecular formula is C13H20BrNOS. The molecule has 2 nitrogen and oxygen atoms in total. The van der Waals surface area contributed by atoms with Gasteiger partial charge in [-0.15, -0.1) is 11.8 Å². The van der Waals surface area contributed by atoms with Crippen LogP contribution < -0.4 is 5.32 Å². The summed E-state index contributed by atoms with van der Waals surface area (Å²) < 4.78 is 1.08. The van der Waals surface area contributed by atoms with Crippen LogP contribution in [0.25, 0.3) is 0 Å². The van der Waals surface area contributed by atoms with Crippen LogP contribution in [0.15, 0.2) is 33.6 Å². The Morgan fingerprint density at radius 3 is 2.59 bits per heavy atom. The van der Waals surface area contributed by atoms with Gasteiger partial charge < -0.3 is 10.4 Å². The molecule has 0 saturated heterocycles. The Morgan fingerprint density at radius 2 is 2.00 bits per heavy atom.